The predicted molar refractivity (Wildman–Crippen MR) is 90.7 cm³/mol. The van der Waals surface area contributed by atoms with E-state index in [-0.39, 0.29) is 11.5 Å². The maximum absolute atomic E-state index is 13.5. The minimum absolute atomic E-state index is 0.0375. The number of amides is 1. The van der Waals surface area contributed by atoms with Crippen molar-refractivity contribution in [3.8, 4) is 11.1 Å². The van der Waals surface area contributed by atoms with Gasteiger partial charge in [0.2, 0.25) is 0 Å². The first-order valence-electron chi connectivity index (χ1n) is 8.23. The van der Waals surface area contributed by atoms with E-state index in [1.54, 1.807) is 48.4 Å². The van der Waals surface area contributed by atoms with Crippen molar-refractivity contribution < 1.29 is 18.0 Å². The largest absolute Gasteiger partial charge is 0.435 e. The number of carbonyl (C=O) groups is 1. The topological polar surface area (TPSA) is 64.7 Å². The minimum Gasteiger partial charge on any atom is -0.329 e. The van der Waals surface area contributed by atoms with Crippen LogP contribution in [0.25, 0.3) is 11.1 Å². The van der Waals surface area contributed by atoms with Crippen molar-refractivity contribution in [1.82, 2.24) is 24.6 Å². The van der Waals surface area contributed by atoms with Gasteiger partial charge in [-0.1, -0.05) is 12.1 Å². The number of rotatable bonds is 2. The van der Waals surface area contributed by atoms with E-state index in [9.17, 15) is 18.0 Å². The number of fused-ring (bicyclic) bond motifs is 1. The van der Waals surface area contributed by atoms with Gasteiger partial charge in [-0.05, 0) is 24.1 Å². The second-order valence-electron chi connectivity index (χ2n) is 6.77. The number of alkyl halides is 3. The van der Waals surface area contributed by atoms with Crippen molar-refractivity contribution in [2.45, 2.75) is 25.2 Å². The number of hydrogen-bond donors (Lipinski definition) is 1. The Hall–Kier alpha value is -3.10. The third-order valence-electron chi connectivity index (χ3n) is 4.79. The van der Waals surface area contributed by atoms with Crippen LogP contribution in [0.15, 0.2) is 43.1 Å². The van der Waals surface area contributed by atoms with E-state index in [2.05, 4.69) is 15.4 Å². The predicted octanol–water partition coefficient (Wildman–Crippen LogP) is 2.96. The Balaban J connectivity index is 1.91. The van der Waals surface area contributed by atoms with E-state index in [1.165, 1.54) is 13.2 Å². The molecule has 2 aromatic heterocycles. The van der Waals surface area contributed by atoms with Gasteiger partial charge < -0.3 is 9.88 Å². The molecule has 0 bridgehead atoms. The number of nitrogens with zero attached hydrogens (tertiary/aromatic N) is 4. The zero-order chi connectivity index (χ0) is 19.4. The SMILES string of the molecule is Cn1cc(-c2cccc3c2CC(C)(n2ccnc2)NC3=O)c(C(F)(F)F)n1. The van der Waals surface area contributed by atoms with E-state index in [0.29, 0.717) is 23.1 Å². The third kappa shape index (κ3) is 2.79. The van der Waals surface area contributed by atoms with Gasteiger partial charge in [-0.3, -0.25) is 9.48 Å². The molecule has 4 rings (SSSR count). The lowest BCUT2D eigenvalue weighted by Crippen LogP contribution is -2.52. The van der Waals surface area contributed by atoms with Crippen LogP contribution in [0.5, 0.6) is 0 Å². The molecule has 140 valence electrons. The fraction of sp³-hybridized carbons (Fsp3) is 0.278. The Kier molecular flexibility index (Phi) is 3.66. The van der Waals surface area contributed by atoms with Crippen molar-refractivity contribution in [1.29, 1.82) is 0 Å². The van der Waals surface area contributed by atoms with Crippen LogP contribution in [-0.4, -0.2) is 25.2 Å². The van der Waals surface area contributed by atoms with Crippen molar-refractivity contribution >= 4 is 5.91 Å². The molecule has 0 saturated carbocycles. The Morgan fingerprint density at radius 3 is 2.63 bits per heavy atom. The first kappa shape index (κ1) is 17.3. The van der Waals surface area contributed by atoms with Crippen molar-refractivity contribution in [2.24, 2.45) is 7.05 Å². The molecule has 0 fully saturated rings. The summed E-state index contributed by atoms with van der Waals surface area (Å²) in [4.78, 5) is 16.7. The molecular formula is C18H16F3N5O. The number of halogens is 3. The summed E-state index contributed by atoms with van der Waals surface area (Å²) in [6.07, 6.45) is 1.91. The van der Waals surface area contributed by atoms with Crippen LogP contribution in [0, 0.1) is 0 Å². The standard InChI is InChI=1S/C18H16F3N5O/c1-17(26-7-6-22-10-26)8-13-11(4-3-5-12(13)16(27)23-17)14-9-25(2)24-15(14)18(19,20)21/h3-7,9-10H,8H2,1-2H3,(H,23,27). The highest BCUT2D eigenvalue weighted by molar-refractivity contribution is 5.99. The quantitative estimate of drug-likeness (QED) is 0.749. The zero-order valence-corrected chi connectivity index (χ0v) is 14.6. The van der Waals surface area contributed by atoms with Crippen molar-refractivity contribution in [3.63, 3.8) is 0 Å². The molecule has 27 heavy (non-hydrogen) atoms. The van der Waals surface area contributed by atoms with Gasteiger partial charge in [0, 0.05) is 43.2 Å². The molecule has 0 radical (unpaired) electrons. The zero-order valence-electron chi connectivity index (χ0n) is 14.6. The Morgan fingerprint density at radius 1 is 1.22 bits per heavy atom. The average Bonchev–Trinajstić information content (AvgIpc) is 3.23. The number of hydrogen-bond acceptors (Lipinski definition) is 3. The molecule has 1 aliphatic heterocycles. The van der Waals surface area contributed by atoms with Gasteiger partial charge in [-0.15, -0.1) is 0 Å². The van der Waals surface area contributed by atoms with Crippen LogP contribution in [0.4, 0.5) is 13.2 Å². The molecule has 1 aliphatic rings. The highest BCUT2D eigenvalue weighted by Gasteiger charge is 2.40. The van der Waals surface area contributed by atoms with Crippen LogP contribution >= 0.6 is 0 Å². The summed E-state index contributed by atoms with van der Waals surface area (Å²) in [6, 6.07) is 4.80. The molecule has 0 spiro atoms. The molecular weight excluding hydrogens is 359 g/mol. The van der Waals surface area contributed by atoms with Crippen molar-refractivity contribution in [2.75, 3.05) is 0 Å². The highest BCUT2D eigenvalue weighted by Crippen LogP contribution is 2.40. The molecule has 1 amide bonds. The first-order valence-corrected chi connectivity index (χ1v) is 8.23. The van der Waals surface area contributed by atoms with Gasteiger partial charge in [0.25, 0.3) is 5.91 Å². The summed E-state index contributed by atoms with van der Waals surface area (Å²) in [7, 11) is 1.44. The Morgan fingerprint density at radius 2 is 1.96 bits per heavy atom. The lowest BCUT2D eigenvalue weighted by molar-refractivity contribution is -0.140. The lowest BCUT2D eigenvalue weighted by Gasteiger charge is -2.37. The molecule has 1 atom stereocenters. The van der Waals surface area contributed by atoms with Crippen LogP contribution in [0.2, 0.25) is 0 Å². The van der Waals surface area contributed by atoms with E-state index in [1.807, 2.05) is 0 Å². The average molecular weight is 375 g/mol. The summed E-state index contributed by atoms with van der Waals surface area (Å²) in [5, 5.41) is 6.51. The molecule has 3 aromatic rings. The number of nitrogens with one attached hydrogen (secondary N) is 1. The number of imidazole rings is 1. The molecule has 9 heteroatoms. The maximum Gasteiger partial charge on any atom is 0.435 e. The van der Waals surface area contributed by atoms with E-state index >= 15 is 0 Å². The second-order valence-corrected chi connectivity index (χ2v) is 6.77. The fourth-order valence-corrected chi connectivity index (χ4v) is 3.54. The number of benzene rings is 1. The summed E-state index contributed by atoms with van der Waals surface area (Å²) in [5.74, 6) is -0.341. The third-order valence-corrected chi connectivity index (χ3v) is 4.79. The van der Waals surface area contributed by atoms with Crippen LogP contribution < -0.4 is 5.32 Å². The van der Waals surface area contributed by atoms with Gasteiger partial charge in [-0.25, -0.2) is 4.98 Å². The number of aryl methyl sites for hydroxylation is 1. The number of carbonyl (C=O) groups excluding carboxylic acids is 1. The van der Waals surface area contributed by atoms with E-state index < -0.39 is 17.5 Å². The monoisotopic (exact) mass is 375 g/mol. The summed E-state index contributed by atoms with van der Waals surface area (Å²) in [6.45, 7) is 1.81. The molecule has 0 saturated heterocycles. The smallest absolute Gasteiger partial charge is 0.329 e. The van der Waals surface area contributed by atoms with E-state index in [4.69, 9.17) is 0 Å². The molecule has 1 aromatic carbocycles. The first-order chi connectivity index (χ1) is 12.7. The van der Waals surface area contributed by atoms with Gasteiger partial charge in [0.05, 0.1) is 6.33 Å². The van der Waals surface area contributed by atoms with Gasteiger partial charge in [-0.2, -0.15) is 18.3 Å². The summed E-state index contributed by atoms with van der Waals surface area (Å²) >= 11 is 0. The second kappa shape index (κ2) is 5.70. The lowest BCUT2D eigenvalue weighted by atomic mass is 9.85. The maximum atomic E-state index is 13.5. The molecule has 6 nitrogen and oxygen atoms in total. The molecule has 1 N–H and O–H groups in total. The Labute approximate surface area is 152 Å². The molecule has 1 unspecified atom stereocenters. The fourth-order valence-electron chi connectivity index (χ4n) is 3.54. The normalized spacial score (nSPS) is 19.7. The molecule has 0 aliphatic carbocycles. The van der Waals surface area contributed by atoms with Crippen LogP contribution in [0.1, 0.15) is 28.5 Å². The van der Waals surface area contributed by atoms with Gasteiger partial charge in [0.1, 0.15) is 5.66 Å². The highest BCUT2D eigenvalue weighted by atomic mass is 19.4. The van der Waals surface area contributed by atoms with Crippen LogP contribution in [-0.2, 0) is 25.3 Å². The minimum atomic E-state index is -4.59. The summed E-state index contributed by atoms with van der Waals surface area (Å²) < 4.78 is 43.3. The van der Waals surface area contributed by atoms with E-state index in [0.717, 1.165) is 4.68 Å². The van der Waals surface area contributed by atoms with Crippen LogP contribution in [0.3, 0.4) is 0 Å². The Bertz CT molecular complexity index is 1020. The summed E-state index contributed by atoms with van der Waals surface area (Å²) in [5.41, 5.74) is -0.567. The molecule has 3 heterocycles. The number of aromatic nitrogens is 4. The van der Waals surface area contributed by atoms with Crippen molar-refractivity contribution in [3.05, 3.63) is 59.9 Å². The van der Waals surface area contributed by atoms with Gasteiger partial charge >= 0.3 is 6.18 Å². The van der Waals surface area contributed by atoms with Gasteiger partial charge in [0.15, 0.2) is 5.69 Å².